The van der Waals surface area contributed by atoms with Gasteiger partial charge in [0, 0.05) is 12.6 Å². The van der Waals surface area contributed by atoms with Crippen molar-refractivity contribution in [2.24, 2.45) is 5.92 Å². The predicted octanol–water partition coefficient (Wildman–Crippen LogP) is 2.17. The van der Waals surface area contributed by atoms with Crippen LogP contribution >= 0.6 is 0 Å². The van der Waals surface area contributed by atoms with Crippen molar-refractivity contribution in [1.29, 1.82) is 0 Å². The topological polar surface area (TPSA) is 32.3 Å². The van der Waals surface area contributed by atoms with E-state index < -0.39 is 12.5 Å². The molecule has 0 aromatic heterocycles. The van der Waals surface area contributed by atoms with E-state index >= 15 is 0 Å². The molecule has 0 aromatic carbocycles. The minimum atomic E-state index is -2.63. The van der Waals surface area contributed by atoms with Crippen LogP contribution in [0.1, 0.15) is 39.0 Å². The van der Waals surface area contributed by atoms with E-state index in [4.69, 9.17) is 5.11 Å². The highest BCUT2D eigenvalue weighted by Gasteiger charge is 2.22. The quantitative estimate of drug-likeness (QED) is 0.745. The lowest BCUT2D eigenvalue weighted by Crippen LogP contribution is -2.40. The number of hydrogen-bond donors (Lipinski definition) is 2. The van der Waals surface area contributed by atoms with Crippen molar-refractivity contribution in [3.05, 3.63) is 0 Å². The van der Waals surface area contributed by atoms with E-state index in [1.165, 1.54) is 19.3 Å². The van der Waals surface area contributed by atoms with Gasteiger partial charge in [-0.25, -0.2) is 8.78 Å². The minimum absolute atomic E-state index is 0.0130. The number of nitrogens with one attached hydrogen (secondary N) is 1. The first-order chi connectivity index (χ1) is 7.13. The molecule has 1 rings (SSSR count). The molecule has 1 atom stereocenters. The highest BCUT2D eigenvalue weighted by Crippen LogP contribution is 2.26. The number of alkyl halides is 2. The maximum absolute atomic E-state index is 12.0. The van der Waals surface area contributed by atoms with E-state index in [0.29, 0.717) is 6.04 Å². The summed E-state index contributed by atoms with van der Waals surface area (Å²) in [6.07, 6.45) is 1.52. The molecule has 0 saturated heterocycles. The monoisotopic (exact) mass is 221 g/mol. The highest BCUT2D eigenvalue weighted by atomic mass is 19.3. The summed E-state index contributed by atoms with van der Waals surface area (Å²) in [4.78, 5) is 0. The van der Waals surface area contributed by atoms with Crippen LogP contribution in [0.3, 0.4) is 0 Å². The SMILES string of the molecule is CCC1CCC(NCC(O)C(F)F)CC1. The molecule has 0 heterocycles. The number of aliphatic hydroxyl groups is 1. The van der Waals surface area contributed by atoms with Gasteiger partial charge in [-0.2, -0.15) is 0 Å². The van der Waals surface area contributed by atoms with E-state index in [0.717, 1.165) is 18.8 Å². The zero-order chi connectivity index (χ0) is 11.3. The van der Waals surface area contributed by atoms with Gasteiger partial charge in [-0.05, 0) is 31.6 Å². The van der Waals surface area contributed by atoms with Crippen LogP contribution < -0.4 is 5.32 Å². The summed E-state index contributed by atoms with van der Waals surface area (Å²) in [6, 6.07) is 0.321. The van der Waals surface area contributed by atoms with Gasteiger partial charge in [-0.15, -0.1) is 0 Å². The molecule has 2 nitrogen and oxygen atoms in total. The van der Waals surface area contributed by atoms with Gasteiger partial charge < -0.3 is 10.4 Å². The van der Waals surface area contributed by atoms with Crippen molar-refractivity contribution in [1.82, 2.24) is 5.32 Å². The van der Waals surface area contributed by atoms with E-state index in [-0.39, 0.29) is 6.54 Å². The Morgan fingerprint density at radius 1 is 1.27 bits per heavy atom. The third kappa shape index (κ3) is 4.43. The summed E-state index contributed by atoms with van der Waals surface area (Å²) < 4.78 is 24.0. The molecule has 0 radical (unpaired) electrons. The van der Waals surface area contributed by atoms with Crippen molar-refractivity contribution in [2.45, 2.75) is 57.6 Å². The van der Waals surface area contributed by atoms with Gasteiger partial charge in [0.05, 0.1) is 0 Å². The molecule has 0 aliphatic heterocycles. The summed E-state index contributed by atoms with van der Waals surface area (Å²) in [5.41, 5.74) is 0. The van der Waals surface area contributed by atoms with Crippen LogP contribution in [0.4, 0.5) is 8.78 Å². The fourth-order valence-electron chi connectivity index (χ4n) is 2.15. The van der Waals surface area contributed by atoms with Crippen molar-refractivity contribution < 1.29 is 13.9 Å². The first kappa shape index (κ1) is 12.8. The zero-order valence-electron chi connectivity index (χ0n) is 9.26. The molecule has 90 valence electrons. The van der Waals surface area contributed by atoms with Crippen LogP contribution in [-0.2, 0) is 0 Å². The van der Waals surface area contributed by atoms with E-state index in [1.807, 2.05) is 0 Å². The van der Waals surface area contributed by atoms with Gasteiger partial charge in [-0.3, -0.25) is 0 Å². The van der Waals surface area contributed by atoms with Gasteiger partial charge in [0.25, 0.3) is 6.43 Å². The maximum atomic E-state index is 12.0. The summed E-state index contributed by atoms with van der Waals surface area (Å²) in [5.74, 6) is 0.808. The predicted molar refractivity (Wildman–Crippen MR) is 56.1 cm³/mol. The standard InChI is InChI=1S/C11H21F2NO/c1-2-8-3-5-9(6-4-8)14-7-10(15)11(12)13/h8-11,14-15H,2-7H2,1H3. The Bertz CT molecular complexity index is 170. The maximum Gasteiger partial charge on any atom is 0.265 e. The first-order valence-corrected chi connectivity index (χ1v) is 5.83. The van der Waals surface area contributed by atoms with Gasteiger partial charge in [0.1, 0.15) is 6.10 Å². The van der Waals surface area contributed by atoms with Crippen molar-refractivity contribution in [3.63, 3.8) is 0 Å². The van der Waals surface area contributed by atoms with E-state index in [1.54, 1.807) is 0 Å². The average Bonchev–Trinajstić information content (AvgIpc) is 2.26. The number of rotatable bonds is 5. The Kier molecular flexibility index (Phi) is 5.47. The second-order valence-corrected chi connectivity index (χ2v) is 4.44. The zero-order valence-corrected chi connectivity index (χ0v) is 9.26. The Morgan fingerprint density at radius 2 is 1.87 bits per heavy atom. The van der Waals surface area contributed by atoms with E-state index in [2.05, 4.69) is 12.2 Å². The molecule has 2 N–H and O–H groups in total. The van der Waals surface area contributed by atoms with E-state index in [9.17, 15) is 8.78 Å². The molecule has 1 saturated carbocycles. The van der Waals surface area contributed by atoms with Gasteiger partial charge in [0.2, 0.25) is 0 Å². The molecular weight excluding hydrogens is 200 g/mol. The number of aliphatic hydroxyl groups excluding tert-OH is 1. The largest absolute Gasteiger partial charge is 0.386 e. The number of hydrogen-bond acceptors (Lipinski definition) is 2. The second kappa shape index (κ2) is 6.38. The van der Waals surface area contributed by atoms with Crippen LogP contribution in [0.5, 0.6) is 0 Å². The normalized spacial score (nSPS) is 29.4. The fourth-order valence-corrected chi connectivity index (χ4v) is 2.15. The molecule has 1 aliphatic rings. The van der Waals surface area contributed by atoms with Crippen LogP contribution in [0.2, 0.25) is 0 Å². The second-order valence-electron chi connectivity index (χ2n) is 4.44. The van der Waals surface area contributed by atoms with Crippen molar-refractivity contribution >= 4 is 0 Å². The molecule has 0 spiro atoms. The van der Waals surface area contributed by atoms with Crippen LogP contribution in [-0.4, -0.2) is 30.2 Å². The summed E-state index contributed by atoms with van der Waals surface area (Å²) in [5, 5.41) is 12.0. The van der Waals surface area contributed by atoms with Crippen LogP contribution in [0.25, 0.3) is 0 Å². The molecule has 1 fully saturated rings. The molecule has 0 bridgehead atoms. The summed E-state index contributed by atoms with van der Waals surface area (Å²) in [6.45, 7) is 2.21. The lowest BCUT2D eigenvalue weighted by atomic mass is 9.84. The Hall–Kier alpha value is -0.220. The van der Waals surface area contributed by atoms with Crippen molar-refractivity contribution in [3.8, 4) is 0 Å². The molecule has 1 unspecified atom stereocenters. The van der Waals surface area contributed by atoms with Gasteiger partial charge in [-0.1, -0.05) is 13.3 Å². The molecule has 0 aromatic rings. The molecule has 0 amide bonds. The molecule has 4 heteroatoms. The number of halogens is 2. The fraction of sp³-hybridized carbons (Fsp3) is 1.00. The third-order valence-corrected chi connectivity index (χ3v) is 3.33. The average molecular weight is 221 g/mol. The lowest BCUT2D eigenvalue weighted by molar-refractivity contribution is -0.00542. The van der Waals surface area contributed by atoms with Crippen LogP contribution in [0.15, 0.2) is 0 Å². The summed E-state index contributed by atoms with van der Waals surface area (Å²) >= 11 is 0. The Balaban J connectivity index is 2.13. The first-order valence-electron chi connectivity index (χ1n) is 5.83. The van der Waals surface area contributed by atoms with Gasteiger partial charge >= 0.3 is 0 Å². The molecular formula is C11H21F2NO. The minimum Gasteiger partial charge on any atom is -0.386 e. The Morgan fingerprint density at radius 3 is 2.33 bits per heavy atom. The molecule has 15 heavy (non-hydrogen) atoms. The summed E-state index contributed by atoms with van der Waals surface area (Å²) in [7, 11) is 0. The third-order valence-electron chi connectivity index (χ3n) is 3.33. The lowest BCUT2D eigenvalue weighted by Gasteiger charge is -2.29. The van der Waals surface area contributed by atoms with Gasteiger partial charge in [0.15, 0.2) is 0 Å². The highest BCUT2D eigenvalue weighted by molar-refractivity contribution is 4.77. The Labute approximate surface area is 90.1 Å². The van der Waals surface area contributed by atoms with Crippen molar-refractivity contribution in [2.75, 3.05) is 6.54 Å². The smallest absolute Gasteiger partial charge is 0.265 e. The molecule has 1 aliphatic carbocycles. The van der Waals surface area contributed by atoms with Crippen LogP contribution in [0, 0.1) is 5.92 Å².